The first kappa shape index (κ1) is 15.3. The summed E-state index contributed by atoms with van der Waals surface area (Å²) >= 11 is 0. The number of hydrogen-bond donors (Lipinski definition) is 2. The van der Waals surface area contributed by atoms with Crippen molar-refractivity contribution >= 4 is 0 Å². The summed E-state index contributed by atoms with van der Waals surface area (Å²) < 4.78 is 11.0. The third kappa shape index (κ3) is 5.25. The molecule has 0 aromatic heterocycles. The maximum absolute atomic E-state index is 5.75. The quantitative estimate of drug-likeness (QED) is 0.469. The predicted octanol–water partition coefficient (Wildman–Crippen LogP) is 0.654. The van der Waals surface area contributed by atoms with Gasteiger partial charge in [-0.25, -0.2) is 0 Å². The molecule has 0 atom stereocenters. The number of methoxy groups -OCH3 is 1. The fourth-order valence-electron chi connectivity index (χ4n) is 2.22. The molecule has 0 radical (unpaired) electrons. The summed E-state index contributed by atoms with van der Waals surface area (Å²) in [4.78, 5) is 2.48. The Bertz CT molecular complexity index is 245. The van der Waals surface area contributed by atoms with Crippen molar-refractivity contribution in [2.75, 3.05) is 46.4 Å². The van der Waals surface area contributed by atoms with Gasteiger partial charge in [-0.3, -0.25) is 0 Å². The Morgan fingerprint density at radius 2 is 1.89 bits per heavy atom. The van der Waals surface area contributed by atoms with Gasteiger partial charge >= 0.3 is 0 Å². The Kier molecular flexibility index (Phi) is 7.80. The molecule has 1 aliphatic rings. The van der Waals surface area contributed by atoms with E-state index in [-0.39, 0.29) is 0 Å². The molecule has 1 aliphatic heterocycles. The molecule has 5 nitrogen and oxygen atoms in total. The minimum Gasteiger partial charge on any atom is -0.496 e. The summed E-state index contributed by atoms with van der Waals surface area (Å²) in [5, 5.41) is 0. The molecule has 0 unspecified atom stereocenters. The fourth-order valence-corrected chi connectivity index (χ4v) is 2.22. The number of nitrogens with two attached hydrogens (primary N) is 2. The molecular formula is C13H27N3O2. The summed E-state index contributed by atoms with van der Waals surface area (Å²) in [5.41, 5.74) is 11.2. The molecule has 0 aliphatic carbocycles. The Hall–Kier alpha value is -0.780. The smallest absolute Gasteiger partial charge is 0.147 e. The number of hydrogen-bond acceptors (Lipinski definition) is 5. The lowest BCUT2D eigenvalue weighted by atomic mass is 10.3. The lowest BCUT2D eigenvalue weighted by molar-refractivity contribution is 0.155. The van der Waals surface area contributed by atoms with Gasteiger partial charge in [0, 0.05) is 13.0 Å². The zero-order chi connectivity index (χ0) is 13.2. The van der Waals surface area contributed by atoms with Crippen LogP contribution in [0.2, 0.25) is 0 Å². The fraction of sp³-hybridized carbons (Fsp3) is 0.846. The maximum atomic E-state index is 5.75. The highest BCUT2D eigenvalue weighted by Crippen LogP contribution is 2.12. The van der Waals surface area contributed by atoms with Gasteiger partial charge in [0.15, 0.2) is 0 Å². The van der Waals surface area contributed by atoms with E-state index in [0.29, 0.717) is 31.9 Å². The molecule has 0 aromatic rings. The summed E-state index contributed by atoms with van der Waals surface area (Å²) in [5.74, 6) is 1.52. The van der Waals surface area contributed by atoms with E-state index in [1.165, 1.54) is 25.9 Å². The van der Waals surface area contributed by atoms with Crippen LogP contribution in [0.5, 0.6) is 0 Å². The topological polar surface area (TPSA) is 73.7 Å². The molecule has 18 heavy (non-hydrogen) atoms. The molecule has 1 rings (SSSR count). The van der Waals surface area contributed by atoms with E-state index >= 15 is 0 Å². The van der Waals surface area contributed by atoms with Crippen LogP contribution in [0.25, 0.3) is 0 Å². The Morgan fingerprint density at radius 3 is 2.44 bits per heavy atom. The largest absolute Gasteiger partial charge is 0.496 e. The van der Waals surface area contributed by atoms with E-state index in [0.717, 1.165) is 18.7 Å². The third-order valence-corrected chi connectivity index (χ3v) is 3.21. The monoisotopic (exact) mass is 257 g/mol. The Labute approximate surface area is 110 Å². The van der Waals surface area contributed by atoms with Crippen LogP contribution in [-0.4, -0.2) is 51.3 Å². The molecule has 1 saturated heterocycles. The van der Waals surface area contributed by atoms with Gasteiger partial charge in [-0.05, 0) is 38.9 Å². The molecule has 0 spiro atoms. The van der Waals surface area contributed by atoms with E-state index in [9.17, 15) is 0 Å². The molecule has 106 valence electrons. The lowest BCUT2D eigenvalue weighted by Gasteiger charge is -2.17. The first-order chi connectivity index (χ1) is 8.81. The van der Waals surface area contributed by atoms with Gasteiger partial charge in [0.1, 0.15) is 11.5 Å². The van der Waals surface area contributed by atoms with Gasteiger partial charge in [0.05, 0.1) is 20.3 Å². The van der Waals surface area contributed by atoms with Crippen molar-refractivity contribution < 1.29 is 9.47 Å². The Morgan fingerprint density at radius 1 is 1.17 bits per heavy atom. The molecule has 0 amide bonds. The predicted molar refractivity (Wildman–Crippen MR) is 73.0 cm³/mol. The van der Waals surface area contributed by atoms with Crippen LogP contribution in [0.4, 0.5) is 0 Å². The van der Waals surface area contributed by atoms with Gasteiger partial charge in [-0.1, -0.05) is 0 Å². The second-order valence-corrected chi connectivity index (χ2v) is 4.54. The van der Waals surface area contributed by atoms with Crippen molar-refractivity contribution in [1.82, 2.24) is 4.90 Å². The highest BCUT2D eigenvalue weighted by Gasteiger charge is 2.11. The second-order valence-electron chi connectivity index (χ2n) is 4.54. The zero-order valence-electron chi connectivity index (χ0n) is 11.5. The van der Waals surface area contributed by atoms with Gasteiger partial charge in [0.2, 0.25) is 0 Å². The van der Waals surface area contributed by atoms with Gasteiger partial charge in [0.25, 0.3) is 0 Å². The van der Waals surface area contributed by atoms with Gasteiger partial charge in [-0.2, -0.15) is 0 Å². The molecule has 0 aromatic carbocycles. The van der Waals surface area contributed by atoms with E-state index < -0.39 is 0 Å². The summed E-state index contributed by atoms with van der Waals surface area (Å²) in [7, 11) is 1.62. The van der Waals surface area contributed by atoms with Crippen LogP contribution in [0.1, 0.15) is 25.7 Å². The second kappa shape index (κ2) is 9.19. The Balaban J connectivity index is 2.26. The number of ether oxygens (including phenoxy) is 2. The van der Waals surface area contributed by atoms with Gasteiger partial charge in [-0.15, -0.1) is 0 Å². The molecule has 1 heterocycles. The average molecular weight is 257 g/mol. The van der Waals surface area contributed by atoms with Crippen molar-refractivity contribution in [2.24, 2.45) is 11.5 Å². The SMILES string of the molecule is CO/C(CN)=C(/CCN)OCCCN1CCCC1. The first-order valence-electron chi connectivity index (χ1n) is 6.83. The minimum atomic E-state index is 0.359. The molecule has 0 bridgehead atoms. The van der Waals surface area contributed by atoms with Crippen LogP contribution in [-0.2, 0) is 9.47 Å². The molecule has 5 heteroatoms. The zero-order valence-corrected chi connectivity index (χ0v) is 11.5. The summed E-state index contributed by atoms with van der Waals surface area (Å²) in [6.07, 6.45) is 4.39. The van der Waals surface area contributed by atoms with E-state index in [2.05, 4.69) is 4.90 Å². The van der Waals surface area contributed by atoms with Crippen LogP contribution in [0.3, 0.4) is 0 Å². The lowest BCUT2D eigenvalue weighted by Crippen LogP contribution is -2.21. The standard InChI is InChI=1S/C13H27N3O2/c1-17-13(11-15)12(5-6-14)18-10-4-9-16-7-2-3-8-16/h2-11,14-15H2,1H3/b13-12-. The van der Waals surface area contributed by atoms with Crippen molar-refractivity contribution in [3.63, 3.8) is 0 Å². The summed E-state index contributed by atoms with van der Waals surface area (Å²) in [6.45, 7) is 5.20. The molecule has 1 fully saturated rings. The maximum Gasteiger partial charge on any atom is 0.147 e. The number of rotatable bonds is 9. The van der Waals surface area contributed by atoms with Crippen molar-refractivity contribution in [1.29, 1.82) is 0 Å². The molecule has 0 saturated carbocycles. The molecular weight excluding hydrogens is 230 g/mol. The van der Waals surface area contributed by atoms with Crippen molar-refractivity contribution in [2.45, 2.75) is 25.7 Å². The van der Waals surface area contributed by atoms with E-state index in [1.807, 2.05) is 0 Å². The first-order valence-corrected chi connectivity index (χ1v) is 6.83. The highest BCUT2D eigenvalue weighted by atomic mass is 16.5. The van der Waals surface area contributed by atoms with Crippen LogP contribution >= 0.6 is 0 Å². The van der Waals surface area contributed by atoms with Crippen LogP contribution < -0.4 is 11.5 Å². The van der Waals surface area contributed by atoms with Crippen molar-refractivity contribution in [3.05, 3.63) is 11.5 Å². The highest BCUT2D eigenvalue weighted by molar-refractivity contribution is 5.03. The van der Waals surface area contributed by atoms with E-state index in [1.54, 1.807) is 7.11 Å². The van der Waals surface area contributed by atoms with Crippen LogP contribution in [0.15, 0.2) is 11.5 Å². The average Bonchev–Trinajstić information content (AvgIpc) is 2.89. The molecule has 4 N–H and O–H groups in total. The van der Waals surface area contributed by atoms with Crippen LogP contribution in [0, 0.1) is 0 Å². The van der Waals surface area contributed by atoms with Crippen molar-refractivity contribution in [3.8, 4) is 0 Å². The normalized spacial score (nSPS) is 17.7. The number of likely N-dealkylation sites (tertiary alicyclic amines) is 1. The minimum absolute atomic E-state index is 0.359. The summed E-state index contributed by atoms with van der Waals surface area (Å²) in [6, 6.07) is 0. The van der Waals surface area contributed by atoms with E-state index in [4.69, 9.17) is 20.9 Å². The van der Waals surface area contributed by atoms with Gasteiger partial charge < -0.3 is 25.8 Å². The third-order valence-electron chi connectivity index (χ3n) is 3.21. The number of nitrogens with zero attached hydrogens (tertiary/aromatic N) is 1.